The second-order valence-corrected chi connectivity index (χ2v) is 6.43. The van der Waals surface area contributed by atoms with Crippen molar-refractivity contribution in [2.45, 2.75) is 44.2 Å². The summed E-state index contributed by atoms with van der Waals surface area (Å²) in [5, 5.41) is 10.6. The van der Waals surface area contributed by atoms with Gasteiger partial charge in [0.2, 0.25) is 0 Å². The molecule has 1 aliphatic heterocycles. The fourth-order valence-electron chi connectivity index (χ4n) is 3.02. The summed E-state index contributed by atoms with van der Waals surface area (Å²) in [4.78, 5) is 12.5. The van der Waals surface area contributed by atoms with Gasteiger partial charge in [0, 0.05) is 7.11 Å². The molecule has 0 bridgehead atoms. The Kier molecular flexibility index (Phi) is 6.58. The summed E-state index contributed by atoms with van der Waals surface area (Å²) in [5.41, 5.74) is 1.35. The van der Waals surface area contributed by atoms with Crippen LogP contribution >= 0.6 is 0 Å². The molecule has 0 spiro atoms. The van der Waals surface area contributed by atoms with Gasteiger partial charge in [-0.3, -0.25) is 0 Å². The second kappa shape index (κ2) is 9.10. The van der Waals surface area contributed by atoms with Crippen LogP contribution in [0.3, 0.4) is 0 Å². The van der Waals surface area contributed by atoms with Crippen molar-refractivity contribution in [1.29, 1.82) is 0 Å². The minimum Gasteiger partial charge on any atom is -0.450 e. The Morgan fingerprint density at radius 2 is 1.67 bits per heavy atom. The first kappa shape index (κ1) is 19.5. The van der Waals surface area contributed by atoms with Crippen molar-refractivity contribution in [3.8, 4) is 0 Å². The predicted octanol–water partition coefficient (Wildman–Crippen LogP) is 2.55. The number of rotatable bonds is 6. The van der Waals surface area contributed by atoms with E-state index >= 15 is 0 Å². The van der Waals surface area contributed by atoms with Crippen LogP contribution in [0.4, 0.5) is 0 Å². The van der Waals surface area contributed by atoms with Crippen molar-refractivity contribution < 1.29 is 28.8 Å². The summed E-state index contributed by atoms with van der Waals surface area (Å²) in [6.07, 6.45) is -4.02. The van der Waals surface area contributed by atoms with Gasteiger partial charge in [-0.05, 0) is 24.6 Å². The first-order valence-electron chi connectivity index (χ1n) is 8.88. The standard InChI is InChI=1S/C21H24O6/c1-14-17(22)18(25-13-15-9-5-3-6-10-15)19(21(24-2)26-14)27-20(23)16-11-7-4-8-12-16/h3-12,14,17-19,21-22H,13H2,1-2H3/t14-,17-,18+,19+,21+/m0/s1. The molecule has 0 aliphatic carbocycles. The molecular formula is C21H24O6. The highest BCUT2D eigenvalue weighted by molar-refractivity contribution is 5.89. The van der Waals surface area contributed by atoms with E-state index in [4.69, 9.17) is 18.9 Å². The van der Waals surface area contributed by atoms with Crippen LogP contribution in [0.2, 0.25) is 0 Å². The van der Waals surface area contributed by atoms with E-state index in [1.807, 2.05) is 36.4 Å². The molecular weight excluding hydrogens is 348 g/mol. The average molecular weight is 372 g/mol. The number of hydrogen-bond acceptors (Lipinski definition) is 6. The third-order valence-electron chi connectivity index (χ3n) is 4.53. The monoisotopic (exact) mass is 372 g/mol. The average Bonchev–Trinajstić information content (AvgIpc) is 2.71. The Balaban J connectivity index is 1.77. The quantitative estimate of drug-likeness (QED) is 0.786. The lowest BCUT2D eigenvalue weighted by molar-refractivity contribution is -0.294. The van der Waals surface area contributed by atoms with E-state index in [0.717, 1.165) is 5.56 Å². The molecule has 144 valence electrons. The zero-order valence-corrected chi connectivity index (χ0v) is 15.4. The molecule has 1 saturated heterocycles. The zero-order valence-electron chi connectivity index (χ0n) is 15.4. The van der Waals surface area contributed by atoms with Crippen LogP contribution in [0, 0.1) is 0 Å². The first-order valence-corrected chi connectivity index (χ1v) is 8.88. The molecule has 3 rings (SSSR count). The maximum absolute atomic E-state index is 12.5. The number of aliphatic hydroxyl groups is 1. The van der Waals surface area contributed by atoms with Gasteiger partial charge >= 0.3 is 5.97 Å². The van der Waals surface area contributed by atoms with Gasteiger partial charge in [-0.1, -0.05) is 48.5 Å². The van der Waals surface area contributed by atoms with Crippen LogP contribution in [0.25, 0.3) is 0 Å². The molecule has 1 aliphatic rings. The first-order chi connectivity index (χ1) is 13.1. The van der Waals surface area contributed by atoms with Gasteiger partial charge < -0.3 is 24.1 Å². The largest absolute Gasteiger partial charge is 0.450 e. The number of aliphatic hydroxyl groups excluding tert-OH is 1. The van der Waals surface area contributed by atoms with Crippen molar-refractivity contribution in [2.24, 2.45) is 0 Å². The molecule has 6 nitrogen and oxygen atoms in total. The molecule has 0 aromatic heterocycles. The van der Waals surface area contributed by atoms with E-state index in [0.29, 0.717) is 5.56 Å². The Morgan fingerprint density at radius 3 is 2.30 bits per heavy atom. The fourth-order valence-corrected chi connectivity index (χ4v) is 3.02. The summed E-state index contributed by atoms with van der Waals surface area (Å²) in [5.74, 6) is -0.527. The fraction of sp³-hybridized carbons (Fsp3) is 0.381. The van der Waals surface area contributed by atoms with Crippen LogP contribution in [0.1, 0.15) is 22.8 Å². The van der Waals surface area contributed by atoms with Gasteiger partial charge in [-0.25, -0.2) is 4.79 Å². The lowest BCUT2D eigenvalue weighted by Gasteiger charge is -2.42. The highest BCUT2D eigenvalue weighted by atomic mass is 16.7. The minimum absolute atomic E-state index is 0.269. The zero-order chi connectivity index (χ0) is 19.2. The third-order valence-corrected chi connectivity index (χ3v) is 4.53. The maximum atomic E-state index is 12.5. The molecule has 1 fully saturated rings. The summed E-state index contributed by atoms with van der Waals surface area (Å²) < 4.78 is 22.6. The molecule has 0 radical (unpaired) electrons. The number of carbonyl (C=O) groups is 1. The topological polar surface area (TPSA) is 74.2 Å². The Morgan fingerprint density at radius 1 is 1.04 bits per heavy atom. The van der Waals surface area contributed by atoms with Crippen LogP contribution in [0.5, 0.6) is 0 Å². The predicted molar refractivity (Wildman–Crippen MR) is 98.0 cm³/mol. The molecule has 6 heteroatoms. The summed E-state index contributed by atoms with van der Waals surface area (Å²) in [6, 6.07) is 18.2. The Labute approximate surface area is 158 Å². The van der Waals surface area contributed by atoms with E-state index in [1.165, 1.54) is 7.11 Å². The molecule has 1 heterocycles. The lowest BCUT2D eigenvalue weighted by Crippen LogP contribution is -2.59. The van der Waals surface area contributed by atoms with E-state index < -0.39 is 36.7 Å². The molecule has 0 saturated carbocycles. The molecule has 0 unspecified atom stereocenters. The number of esters is 1. The number of benzene rings is 2. The van der Waals surface area contributed by atoms with E-state index in [1.54, 1.807) is 31.2 Å². The lowest BCUT2D eigenvalue weighted by atomic mass is 9.99. The molecule has 27 heavy (non-hydrogen) atoms. The van der Waals surface area contributed by atoms with Crippen molar-refractivity contribution in [3.05, 3.63) is 71.8 Å². The van der Waals surface area contributed by atoms with Gasteiger partial charge in [0.25, 0.3) is 0 Å². The van der Waals surface area contributed by atoms with E-state index in [-0.39, 0.29) is 6.61 Å². The van der Waals surface area contributed by atoms with Crippen molar-refractivity contribution in [2.75, 3.05) is 7.11 Å². The highest BCUT2D eigenvalue weighted by Gasteiger charge is 2.47. The molecule has 2 aromatic carbocycles. The highest BCUT2D eigenvalue weighted by Crippen LogP contribution is 2.28. The second-order valence-electron chi connectivity index (χ2n) is 6.43. The van der Waals surface area contributed by atoms with Crippen molar-refractivity contribution >= 4 is 5.97 Å². The van der Waals surface area contributed by atoms with Crippen LogP contribution in [-0.2, 0) is 25.6 Å². The Bertz CT molecular complexity index is 720. The van der Waals surface area contributed by atoms with Crippen LogP contribution < -0.4 is 0 Å². The third kappa shape index (κ3) is 4.73. The number of hydrogen-bond donors (Lipinski definition) is 1. The maximum Gasteiger partial charge on any atom is 0.338 e. The number of methoxy groups -OCH3 is 1. The molecule has 0 amide bonds. The summed E-state index contributed by atoms with van der Waals surface area (Å²) in [7, 11) is 1.46. The number of ether oxygens (including phenoxy) is 4. The molecule has 1 N–H and O–H groups in total. The minimum atomic E-state index is -0.964. The van der Waals surface area contributed by atoms with E-state index in [2.05, 4.69) is 0 Å². The van der Waals surface area contributed by atoms with Gasteiger partial charge in [-0.15, -0.1) is 0 Å². The van der Waals surface area contributed by atoms with Gasteiger partial charge in [0.05, 0.1) is 18.3 Å². The van der Waals surface area contributed by atoms with Crippen molar-refractivity contribution in [1.82, 2.24) is 0 Å². The van der Waals surface area contributed by atoms with Crippen LogP contribution in [0.15, 0.2) is 60.7 Å². The Hall–Kier alpha value is -2.25. The number of carbonyl (C=O) groups excluding carboxylic acids is 1. The smallest absolute Gasteiger partial charge is 0.338 e. The van der Waals surface area contributed by atoms with Crippen molar-refractivity contribution in [3.63, 3.8) is 0 Å². The SMILES string of the molecule is CO[C@@H]1O[C@@H](C)[C@H](O)[C@@H](OCc2ccccc2)[C@H]1OC(=O)c1ccccc1. The summed E-state index contributed by atoms with van der Waals surface area (Å²) >= 11 is 0. The molecule has 2 aromatic rings. The normalized spacial score (nSPS) is 27.9. The van der Waals surface area contributed by atoms with Crippen LogP contribution in [-0.4, -0.2) is 48.9 Å². The van der Waals surface area contributed by atoms with Gasteiger partial charge in [0.1, 0.15) is 12.2 Å². The summed E-state index contributed by atoms with van der Waals surface area (Å²) in [6.45, 7) is 2.00. The van der Waals surface area contributed by atoms with Gasteiger partial charge in [-0.2, -0.15) is 0 Å². The van der Waals surface area contributed by atoms with Gasteiger partial charge in [0.15, 0.2) is 12.4 Å². The molecule has 5 atom stereocenters. The van der Waals surface area contributed by atoms with E-state index in [9.17, 15) is 9.90 Å².